The number of nitrogens with zero attached hydrogens (tertiary/aromatic N) is 1. The van der Waals surface area contributed by atoms with Crippen molar-refractivity contribution in [3.8, 4) is 11.5 Å². The van der Waals surface area contributed by atoms with Crippen LogP contribution in [0.4, 0.5) is 5.95 Å². The molecule has 1 aliphatic heterocycles. The van der Waals surface area contributed by atoms with Gasteiger partial charge >= 0.3 is 5.97 Å². The number of fused-ring (bicyclic) bond motifs is 2. The van der Waals surface area contributed by atoms with Crippen LogP contribution in [0, 0.1) is 0 Å². The highest BCUT2D eigenvalue weighted by Crippen LogP contribution is 2.34. The Morgan fingerprint density at radius 3 is 2.80 bits per heavy atom. The SMILES string of the molecule is COC(=O)C(C)Nc1nc2cc3c(cc2[nH]1)OCCO3. The van der Waals surface area contributed by atoms with E-state index in [4.69, 9.17) is 9.47 Å². The summed E-state index contributed by atoms with van der Waals surface area (Å²) in [5.74, 6) is 1.53. The minimum Gasteiger partial charge on any atom is -0.486 e. The summed E-state index contributed by atoms with van der Waals surface area (Å²) in [5, 5.41) is 2.95. The molecule has 0 bridgehead atoms. The molecule has 1 aromatic heterocycles. The van der Waals surface area contributed by atoms with Crippen molar-refractivity contribution in [2.24, 2.45) is 0 Å². The topological polar surface area (TPSA) is 85.5 Å². The van der Waals surface area contributed by atoms with Crippen molar-refractivity contribution in [3.63, 3.8) is 0 Å². The number of nitrogens with one attached hydrogen (secondary N) is 2. The Bertz CT molecular complexity index is 609. The van der Waals surface area contributed by atoms with Crippen molar-refractivity contribution in [2.75, 3.05) is 25.6 Å². The number of carbonyl (C=O) groups is 1. The second kappa shape index (κ2) is 4.92. The number of benzene rings is 1. The van der Waals surface area contributed by atoms with Crippen molar-refractivity contribution >= 4 is 23.0 Å². The van der Waals surface area contributed by atoms with Gasteiger partial charge in [0.05, 0.1) is 18.1 Å². The molecule has 0 aliphatic carbocycles. The molecule has 0 amide bonds. The van der Waals surface area contributed by atoms with Crippen LogP contribution in [0.25, 0.3) is 11.0 Å². The van der Waals surface area contributed by atoms with E-state index in [9.17, 15) is 4.79 Å². The fraction of sp³-hybridized carbons (Fsp3) is 0.385. The summed E-state index contributed by atoms with van der Waals surface area (Å²) in [6, 6.07) is 3.17. The predicted octanol–water partition coefficient (Wildman–Crippen LogP) is 1.31. The quantitative estimate of drug-likeness (QED) is 0.823. The summed E-state index contributed by atoms with van der Waals surface area (Å²) in [7, 11) is 1.35. The number of ether oxygens (including phenoxy) is 3. The number of carbonyl (C=O) groups excluding carboxylic acids is 1. The average molecular weight is 277 g/mol. The second-order valence-corrected chi connectivity index (χ2v) is 4.49. The van der Waals surface area contributed by atoms with Gasteiger partial charge in [-0.3, -0.25) is 0 Å². The highest BCUT2D eigenvalue weighted by Gasteiger charge is 2.17. The first kappa shape index (κ1) is 12.6. The molecule has 1 aromatic carbocycles. The first-order valence-electron chi connectivity index (χ1n) is 6.31. The monoisotopic (exact) mass is 277 g/mol. The van der Waals surface area contributed by atoms with Crippen LogP contribution in [0.3, 0.4) is 0 Å². The summed E-state index contributed by atoms with van der Waals surface area (Å²) in [6.45, 7) is 2.78. The van der Waals surface area contributed by atoms with Gasteiger partial charge in [-0.1, -0.05) is 0 Å². The lowest BCUT2D eigenvalue weighted by molar-refractivity contribution is -0.141. The van der Waals surface area contributed by atoms with Crippen LogP contribution in [0.5, 0.6) is 11.5 Å². The van der Waals surface area contributed by atoms with Gasteiger partial charge in [0, 0.05) is 12.1 Å². The van der Waals surface area contributed by atoms with Crippen molar-refractivity contribution in [2.45, 2.75) is 13.0 Å². The lowest BCUT2D eigenvalue weighted by Gasteiger charge is -2.17. The maximum atomic E-state index is 11.4. The maximum absolute atomic E-state index is 11.4. The van der Waals surface area contributed by atoms with Crippen molar-refractivity contribution < 1.29 is 19.0 Å². The number of hydrogen-bond donors (Lipinski definition) is 2. The molecule has 1 aliphatic rings. The zero-order valence-electron chi connectivity index (χ0n) is 11.2. The number of hydrogen-bond acceptors (Lipinski definition) is 6. The van der Waals surface area contributed by atoms with Gasteiger partial charge in [0.25, 0.3) is 0 Å². The number of aromatic nitrogens is 2. The standard InChI is InChI=1S/C13H15N3O4/c1-7(12(17)18-2)14-13-15-8-5-10-11(6-9(8)16-13)20-4-3-19-10/h5-7H,3-4H2,1-2H3,(H2,14,15,16). The summed E-state index contributed by atoms with van der Waals surface area (Å²) >= 11 is 0. The number of H-pyrrole nitrogens is 1. The van der Waals surface area contributed by atoms with Crippen LogP contribution in [0.15, 0.2) is 12.1 Å². The van der Waals surface area contributed by atoms with Crippen LogP contribution >= 0.6 is 0 Å². The molecule has 7 heteroatoms. The third kappa shape index (κ3) is 2.22. The Kier molecular flexibility index (Phi) is 3.09. The number of methoxy groups -OCH3 is 1. The molecule has 0 fully saturated rings. The Labute approximate surface area is 115 Å². The van der Waals surface area contributed by atoms with Gasteiger partial charge in [-0.2, -0.15) is 0 Å². The summed E-state index contributed by atoms with van der Waals surface area (Å²) in [5.41, 5.74) is 1.56. The lowest BCUT2D eigenvalue weighted by Crippen LogP contribution is -2.27. The largest absolute Gasteiger partial charge is 0.486 e. The van der Waals surface area contributed by atoms with Crippen LogP contribution in [-0.4, -0.2) is 42.3 Å². The first-order chi connectivity index (χ1) is 9.67. The highest BCUT2D eigenvalue weighted by atomic mass is 16.6. The maximum Gasteiger partial charge on any atom is 0.328 e. The molecule has 106 valence electrons. The zero-order valence-corrected chi connectivity index (χ0v) is 11.2. The Morgan fingerprint density at radius 1 is 1.40 bits per heavy atom. The molecule has 0 saturated heterocycles. The molecule has 2 N–H and O–H groups in total. The van der Waals surface area contributed by atoms with Gasteiger partial charge in [-0.15, -0.1) is 0 Å². The Hall–Kier alpha value is -2.44. The van der Waals surface area contributed by atoms with E-state index in [2.05, 4.69) is 20.0 Å². The zero-order chi connectivity index (χ0) is 14.1. The van der Waals surface area contributed by atoms with E-state index >= 15 is 0 Å². The molecule has 0 spiro atoms. The minimum atomic E-state index is -0.484. The minimum absolute atomic E-state index is 0.351. The van der Waals surface area contributed by atoms with E-state index in [0.717, 1.165) is 11.0 Å². The van der Waals surface area contributed by atoms with E-state index in [-0.39, 0.29) is 5.97 Å². The van der Waals surface area contributed by atoms with Gasteiger partial charge in [-0.05, 0) is 6.92 Å². The number of aromatic amines is 1. The second-order valence-electron chi connectivity index (χ2n) is 4.49. The number of anilines is 1. The summed E-state index contributed by atoms with van der Waals surface area (Å²) in [6.07, 6.45) is 0. The van der Waals surface area contributed by atoms with Crippen molar-refractivity contribution in [1.82, 2.24) is 9.97 Å². The molecule has 7 nitrogen and oxygen atoms in total. The van der Waals surface area contributed by atoms with E-state index in [1.54, 1.807) is 6.92 Å². The highest BCUT2D eigenvalue weighted by molar-refractivity contribution is 5.83. The number of rotatable bonds is 3. The molecule has 2 aromatic rings. The van der Waals surface area contributed by atoms with Gasteiger partial charge in [0.1, 0.15) is 19.3 Å². The fourth-order valence-corrected chi connectivity index (χ4v) is 2.06. The van der Waals surface area contributed by atoms with Crippen LogP contribution in [-0.2, 0) is 9.53 Å². The molecular weight excluding hydrogens is 262 g/mol. The number of esters is 1. The fourth-order valence-electron chi connectivity index (χ4n) is 2.06. The molecule has 1 unspecified atom stereocenters. The lowest BCUT2D eigenvalue weighted by atomic mass is 10.2. The van der Waals surface area contributed by atoms with Crippen LogP contribution < -0.4 is 14.8 Å². The first-order valence-corrected chi connectivity index (χ1v) is 6.31. The van der Waals surface area contributed by atoms with Gasteiger partial charge in [0.15, 0.2) is 11.5 Å². The third-order valence-corrected chi connectivity index (χ3v) is 3.05. The van der Waals surface area contributed by atoms with Crippen LogP contribution in [0.2, 0.25) is 0 Å². The number of imidazole rings is 1. The predicted molar refractivity (Wildman–Crippen MR) is 72.2 cm³/mol. The average Bonchev–Trinajstić information content (AvgIpc) is 2.84. The normalized spacial score (nSPS) is 14.9. The molecule has 2 heterocycles. The van der Waals surface area contributed by atoms with Crippen molar-refractivity contribution in [1.29, 1.82) is 0 Å². The van der Waals surface area contributed by atoms with E-state index in [1.165, 1.54) is 7.11 Å². The Morgan fingerprint density at radius 2 is 2.10 bits per heavy atom. The summed E-state index contributed by atoms with van der Waals surface area (Å²) < 4.78 is 15.7. The van der Waals surface area contributed by atoms with Gasteiger partial charge in [-0.25, -0.2) is 9.78 Å². The molecule has 20 heavy (non-hydrogen) atoms. The van der Waals surface area contributed by atoms with E-state index < -0.39 is 6.04 Å². The molecule has 0 radical (unpaired) electrons. The molecular formula is C13H15N3O4. The smallest absolute Gasteiger partial charge is 0.328 e. The summed E-state index contributed by atoms with van der Waals surface area (Å²) in [4.78, 5) is 18.8. The molecule has 1 atom stereocenters. The van der Waals surface area contributed by atoms with Crippen molar-refractivity contribution in [3.05, 3.63) is 12.1 Å². The molecule has 0 saturated carbocycles. The van der Waals surface area contributed by atoms with Gasteiger partial charge in [0.2, 0.25) is 5.95 Å². The third-order valence-electron chi connectivity index (χ3n) is 3.05. The van der Waals surface area contributed by atoms with E-state index in [1.807, 2.05) is 12.1 Å². The van der Waals surface area contributed by atoms with Gasteiger partial charge < -0.3 is 24.5 Å². The Balaban J connectivity index is 1.88. The van der Waals surface area contributed by atoms with E-state index in [0.29, 0.717) is 30.7 Å². The van der Waals surface area contributed by atoms with Crippen LogP contribution in [0.1, 0.15) is 6.92 Å². The molecule has 3 rings (SSSR count).